The van der Waals surface area contributed by atoms with E-state index in [0.717, 1.165) is 10.5 Å². The summed E-state index contributed by atoms with van der Waals surface area (Å²) in [6.45, 7) is 2.21. The molecule has 2 rings (SSSR count). The summed E-state index contributed by atoms with van der Waals surface area (Å²) in [7, 11) is 3.15. The molecule has 1 N–H and O–H groups in total. The van der Waals surface area contributed by atoms with Gasteiger partial charge < -0.3 is 14.8 Å². The van der Waals surface area contributed by atoms with E-state index >= 15 is 0 Å². The number of nitrogens with one attached hydrogen (secondary N) is 1. The first-order valence-corrected chi connectivity index (χ1v) is 8.32. The second-order valence-electron chi connectivity index (χ2n) is 5.12. The average Bonchev–Trinajstić information content (AvgIpc) is 2.60. The zero-order valence-electron chi connectivity index (χ0n) is 13.8. The van der Waals surface area contributed by atoms with Crippen LogP contribution in [0.5, 0.6) is 11.5 Å². The number of thioether (sulfide) groups is 1. The summed E-state index contributed by atoms with van der Waals surface area (Å²) in [6.07, 6.45) is 0. The van der Waals surface area contributed by atoms with Crippen LogP contribution in [0.1, 0.15) is 12.5 Å². The molecule has 4 nitrogen and oxygen atoms in total. The Morgan fingerprint density at radius 1 is 1.12 bits per heavy atom. The Balaban J connectivity index is 1.92. The molecular formula is C18H20FNO3S. The fraction of sp³-hybridized carbons (Fsp3) is 0.278. The van der Waals surface area contributed by atoms with Crippen LogP contribution in [-0.2, 0) is 11.3 Å². The van der Waals surface area contributed by atoms with Crippen LogP contribution in [0.15, 0.2) is 47.4 Å². The molecule has 128 valence electrons. The number of carbonyl (C=O) groups excluding carboxylic acids is 1. The maximum atomic E-state index is 12.9. The molecule has 2 aromatic carbocycles. The van der Waals surface area contributed by atoms with Crippen LogP contribution in [0, 0.1) is 5.82 Å². The molecule has 0 heterocycles. The first kappa shape index (κ1) is 18.1. The number of methoxy groups -OCH3 is 2. The highest BCUT2D eigenvalue weighted by molar-refractivity contribution is 8.00. The lowest BCUT2D eigenvalue weighted by Crippen LogP contribution is -2.30. The lowest BCUT2D eigenvalue weighted by molar-refractivity contribution is -0.120. The summed E-state index contributed by atoms with van der Waals surface area (Å²) >= 11 is 1.43. The van der Waals surface area contributed by atoms with Crippen LogP contribution >= 0.6 is 11.8 Å². The van der Waals surface area contributed by atoms with Gasteiger partial charge in [0.15, 0.2) is 11.5 Å². The predicted octanol–water partition coefficient (Wildman–Crippen LogP) is 3.64. The molecule has 0 aliphatic carbocycles. The van der Waals surface area contributed by atoms with Crippen molar-refractivity contribution >= 4 is 17.7 Å². The van der Waals surface area contributed by atoms with E-state index in [1.54, 1.807) is 26.4 Å². The number of ether oxygens (including phenoxy) is 2. The number of hydrogen-bond donors (Lipinski definition) is 1. The third kappa shape index (κ3) is 4.89. The largest absolute Gasteiger partial charge is 0.493 e. The van der Waals surface area contributed by atoms with E-state index in [9.17, 15) is 9.18 Å². The van der Waals surface area contributed by atoms with E-state index in [0.29, 0.717) is 18.0 Å². The Kier molecular flexibility index (Phi) is 6.49. The predicted molar refractivity (Wildman–Crippen MR) is 93.1 cm³/mol. The van der Waals surface area contributed by atoms with Crippen LogP contribution < -0.4 is 14.8 Å². The molecule has 0 aliphatic rings. The molecule has 6 heteroatoms. The van der Waals surface area contributed by atoms with Crippen molar-refractivity contribution in [3.63, 3.8) is 0 Å². The quantitative estimate of drug-likeness (QED) is 0.776. The maximum absolute atomic E-state index is 12.9. The van der Waals surface area contributed by atoms with Crippen LogP contribution in [-0.4, -0.2) is 25.4 Å². The maximum Gasteiger partial charge on any atom is 0.233 e. The Bertz CT molecular complexity index is 691. The summed E-state index contributed by atoms with van der Waals surface area (Å²) in [5, 5.41) is 2.58. The van der Waals surface area contributed by atoms with Crippen molar-refractivity contribution < 1.29 is 18.7 Å². The monoisotopic (exact) mass is 349 g/mol. The number of amides is 1. The molecule has 0 saturated carbocycles. The van der Waals surface area contributed by atoms with Crippen molar-refractivity contribution in [2.45, 2.75) is 23.6 Å². The lowest BCUT2D eigenvalue weighted by Gasteiger charge is -2.14. The van der Waals surface area contributed by atoms with E-state index < -0.39 is 0 Å². The highest BCUT2D eigenvalue weighted by Crippen LogP contribution is 2.33. The lowest BCUT2D eigenvalue weighted by atomic mass is 10.2. The molecule has 0 fully saturated rings. The molecule has 0 aromatic heterocycles. The SMILES string of the molecule is COc1ccc(S[C@@H](C)C(=O)NCc2ccc(F)cc2)cc1OC. The molecule has 0 bridgehead atoms. The third-order valence-corrected chi connectivity index (χ3v) is 4.51. The fourth-order valence-electron chi connectivity index (χ4n) is 2.08. The van der Waals surface area contributed by atoms with Gasteiger partial charge in [-0.15, -0.1) is 11.8 Å². The van der Waals surface area contributed by atoms with E-state index in [-0.39, 0.29) is 17.0 Å². The van der Waals surface area contributed by atoms with Crippen molar-refractivity contribution in [2.75, 3.05) is 14.2 Å². The highest BCUT2D eigenvalue weighted by atomic mass is 32.2. The van der Waals surface area contributed by atoms with Crippen LogP contribution in [0.2, 0.25) is 0 Å². The zero-order valence-corrected chi connectivity index (χ0v) is 14.7. The minimum atomic E-state index is -0.289. The summed E-state index contributed by atoms with van der Waals surface area (Å²) in [5.41, 5.74) is 0.855. The van der Waals surface area contributed by atoms with Crippen molar-refractivity contribution in [1.29, 1.82) is 0 Å². The van der Waals surface area contributed by atoms with Crippen molar-refractivity contribution in [3.05, 3.63) is 53.8 Å². The van der Waals surface area contributed by atoms with Gasteiger partial charge in [-0.25, -0.2) is 4.39 Å². The molecule has 1 atom stereocenters. The first-order valence-electron chi connectivity index (χ1n) is 7.44. The van der Waals surface area contributed by atoms with Gasteiger partial charge in [0.05, 0.1) is 19.5 Å². The van der Waals surface area contributed by atoms with Gasteiger partial charge in [-0.05, 0) is 42.8 Å². The second kappa shape index (κ2) is 8.59. The van der Waals surface area contributed by atoms with E-state index in [1.165, 1.54) is 23.9 Å². The molecule has 0 aliphatic heterocycles. The molecule has 0 spiro atoms. The van der Waals surface area contributed by atoms with Gasteiger partial charge in [-0.2, -0.15) is 0 Å². The normalized spacial score (nSPS) is 11.7. The van der Waals surface area contributed by atoms with Gasteiger partial charge in [0.1, 0.15) is 5.82 Å². The van der Waals surface area contributed by atoms with Gasteiger partial charge in [-0.3, -0.25) is 4.79 Å². The van der Waals surface area contributed by atoms with Gasteiger partial charge >= 0.3 is 0 Å². The number of benzene rings is 2. The molecule has 2 aromatic rings. The molecule has 1 amide bonds. The van der Waals surface area contributed by atoms with E-state index in [1.807, 2.05) is 25.1 Å². The summed E-state index contributed by atoms with van der Waals surface area (Å²) in [5.74, 6) is 0.901. The Hall–Kier alpha value is -2.21. The van der Waals surface area contributed by atoms with Crippen LogP contribution in [0.4, 0.5) is 4.39 Å². The Labute approximate surface area is 145 Å². The van der Waals surface area contributed by atoms with Crippen LogP contribution in [0.3, 0.4) is 0 Å². The van der Waals surface area contributed by atoms with Gasteiger partial charge in [0, 0.05) is 11.4 Å². The van der Waals surface area contributed by atoms with Crippen molar-refractivity contribution in [3.8, 4) is 11.5 Å². The minimum absolute atomic E-state index is 0.0842. The second-order valence-corrected chi connectivity index (χ2v) is 6.54. The van der Waals surface area contributed by atoms with Gasteiger partial charge in [0.2, 0.25) is 5.91 Å². The smallest absolute Gasteiger partial charge is 0.233 e. The molecule has 24 heavy (non-hydrogen) atoms. The van der Waals surface area contributed by atoms with Gasteiger partial charge in [-0.1, -0.05) is 12.1 Å². The highest BCUT2D eigenvalue weighted by Gasteiger charge is 2.15. The Morgan fingerprint density at radius 3 is 2.42 bits per heavy atom. The summed E-state index contributed by atoms with van der Waals surface area (Å²) in [4.78, 5) is 13.1. The molecular weight excluding hydrogens is 329 g/mol. The first-order chi connectivity index (χ1) is 11.5. The van der Waals surface area contributed by atoms with Crippen molar-refractivity contribution in [1.82, 2.24) is 5.32 Å². The minimum Gasteiger partial charge on any atom is -0.493 e. The molecule has 0 radical (unpaired) electrons. The fourth-order valence-corrected chi connectivity index (χ4v) is 3.00. The third-order valence-electron chi connectivity index (χ3n) is 3.42. The number of rotatable bonds is 7. The number of hydrogen-bond acceptors (Lipinski definition) is 4. The number of carbonyl (C=O) groups is 1. The topological polar surface area (TPSA) is 47.6 Å². The van der Waals surface area contributed by atoms with E-state index in [2.05, 4.69) is 5.32 Å². The van der Waals surface area contributed by atoms with Gasteiger partial charge in [0.25, 0.3) is 0 Å². The molecule has 0 saturated heterocycles. The number of halogens is 1. The average molecular weight is 349 g/mol. The van der Waals surface area contributed by atoms with Crippen LogP contribution in [0.25, 0.3) is 0 Å². The Morgan fingerprint density at radius 2 is 1.79 bits per heavy atom. The molecule has 0 unspecified atom stereocenters. The van der Waals surface area contributed by atoms with E-state index in [4.69, 9.17) is 9.47 Å². The van der Waals surface area contributed by atoms with Crippen molar-refractivity contribution in [2.24, 2.45) is 0 Å². The summed E-state index contributed by atoms with van der Waals surface area (Å²) in [6, 6.07) is 11.6. The standard InChI is InChI=1S/C18H20FNO3S/c1-12(18(21)20-11-13-4-6-14(19)7-5-13)24-15-8-9-16(22-2)17(10-15)23-3/h4-10,12H,11H2,1-3H3,(H,20,21)/t12-/m0/s1. The summed E-state index contributed by atoms with van der Waals surface area (Å²) < 4.78 is 23.3. The zero-order chi connectivity index (χ0) is 17.5.